The molecule has 0 aliphatic rings. The van der Waals surface area contributed by atoms with Crippen molar-refractivity contribution in [2.45, 2.75) is 6.92 Å². The van der Waals surface area contributed by atoms with Gasteiger partial charge in [0.25, 0.3) is 5.91 Å². The molecule has 0 radical (unpaired) electrons. The van der Waals surface area contributed by atoms with E-state index in [1.54, 1.807) is 31.2 Å². The third-order valence-corrected chi connectivity index (χ3v) is 2.85. The number of nitrogens with one attached hydrogen (secondary N) is 1. The summed E-state index contributed by atoms with van der Waals surface area (Å²) < 4.78 is 23.4. The van der Waals surface area contributed by atoms with Crippen LogP contribution in [0, 0.1) is 5.82 Å². The SMILES string of the molecule is CCOC(=O)c1cccc(NC(=O)COc2ccccc2F)c1. The Balaban J connectivity index is 1.94. The van der Waals surface area contributed by atoms with E-state index in [1.165, 1.54) is 24.3 Å². The minimum atomic E-state index is -0.537. The van der Waals surface area contributed by atoms with Crippen molar-refractivity contribution in [1.29, 1.82) is 0 Å². The summed E-state index contributed by atoms with van der Waals surface area (Å²) >= 11 is 0. The number of hydrogen-bond acceptors (Lipinski definition) is 4. The first kappa shape index (κ1) is 16.5. The average Bonchev–Trinajstić information content (AvgIpc) is 2.54. The van der Waals surface area contributed by atoms with Gasteiger partial charge in [0.2, 0.25) is 0 Å². The van der Waals surface area contributed by atoms with E-state index in [1.807, 2.05) is 0 Å². The highest BCUT2D eigenvalue weighted by molar-refractivity contribution is 5.95. The van der Waals surface area contributed by atoms with E-state index >= 15 is 0 Å². The smallest absolute Gasteiger partial charge is 0.338 e. The zero-order chi connectivity index (χ0) is 16.7. The number of carbonyl (C=O) groups is 2. The lowest BCUT2D eigenvalue weighted by Gasteiger charge is -2.09. The largest absolute Gasteiger partial charge is 0.481 e. The van der Waals surface area contributed by atoms with Crippen LogP contribution in [0.1, 0.15) is 17.3 Å². The van der Waals surface area contributed by atoms with Gasteiger partial charge < -0.3 is 14.8 Å². The lowest BCUT2D eigenvalue weighted by Crippen LogP contribution is -2.20. The standard InChI is InChI=1S/C17H16FNO4/c1-2-22-17(21)12-6-5-7-13(10-12)19-16(20)11-23-15-9-4-3-8-14(15)18/h3-10H,2,11H2,1H3,(H,19,20). The van der Waals surface area contributed by atoms with E-state index in [4.69, 9.17) is 9.47 Å². The molecule has 2 aromatic rings. The topological polar surface area (TPSA) is 64.6 Å². The third-order valence-electron chi connectivity index (χ3n) is 2.85. The van der Waals surface area contributed by atoms with Gasteiger partial charge in [-0.1, -0.05) is 18.2 Å². The van der Waals surface area contributed by atoms with Crippen LogP contribution in [-0.2, 0) is 9.53 Å². The molecule has 120 valence electrons. The molecule has 6 heteroatoms. The Morgan fingerprint density at radius 3 is 2.65 bits per heavy atom. The predicted octanol–water partition coefficient (Wildman–Crippen LogP) is 3.02. The minimum absolute atomic E-state index is 0.00271. The van der Waals surface area contributed by atoms with E-state index in [2.05, 4.69) is 5.32 Å². The first-order valence-electron chi connectivity index (χ1n) is 7.04. The summed E-state index contributed by atoms with van der Waals surface area (Å²) in [6.45, 7) is 1.64. The average molecular weight is 317 g/mol. The van der Waals surface area contributed by atoms with Crippen molar-refractivity contribution >= 4 is 17.6 Å². The first-order chi connectivity index (χ1) is 11.1. The number of para-hydroxylation sites is 1. The molecule has 2 aromatic carbocycles. The fourth-order valence-corrected chi connectivity index (χ4v) is 1.84. The molecule has 0 aliphatic heterocycles. The van der Waals surface area contributed by atoms with E-state index in [9.17, 15) is 14.0 Å². The third kappa shape index (κ3) is 4.81. The molecule has 2 rings (SSSR count). The maximum atomic E-state index is 13.4. The van der Waals surface area contributed by atoms with Gasteiger partial charge in [-0.25, -0.2) is 9.18 Å². The lowest BCUT2D eigenvalue weighted by atomic mass is 10.2. The molecule has 0 heterocycles. The van der Waals surface area contributed by atoms with Crippen molar-refractivity contribution in [1.82, 2.24) is 0 Å². The van der Waals surface area contributed by atoms with Gasteiger partial charge in [0.1, 0.15) is 0 Å². The van der Waals surface area contributed by atoms with E-state index in [-0.39, 0.29) is 19.0 Å². The molecule has 0 saturated carbocycles. The van der Waals surface area contributed by atoms with Crippen molar-refractivity contribution in [2.24, 2.45) is 0 Å². The number of anilines is 1. The van der Waals surface area contributed by atoms with Crippen LogP contribution in [0.4, 0.5) is 10.1 Å². The van der Waals surface area contributed by atoms with Gasteiger partial charge in [0, 0.05) is 5.69 Å². The summed E-state index contributed by atoms with van der Waals surface area (Å²) in [7, 11) is 0. The van der Waals surface area contributed by atoms with Crippen LogP contribution in [0.25, 0.3) is 0 Å². The van der Waals surface area contributed by atoms with E-state index in [0.29, 0.717) is 11.3 Å². The Labute approximate surface area is 133 Å². The molecule has 0 spiro atoms. The number of carbonyl (C=O) groups excluding carboxylic acids is 2. The molecule has 0 bridgehead atoms. The van der Waals surface area contributed by atoms with E-state index < -0.39 is 17.7 Å². The normalized spacial score (nSPS) is 10.0. The van der Waals surface area contributed by atoms with E-state index in [0.717, 1.165) is 0 Å². The second kappa shape index (κ2) is 7.93. The predicted molar refractivity (Wildman–Crippen MR) is 82.9 cm³/mol. The number of rotatable bonds is 6. The van der Waals surface area contributed by atoms with Crippen molar-refractivity contribution < 1.29 is 23.5 Å². The zero-order valence-corrected chi connectivity index (χ0v) is 12.5. The fraction of sp³-hybridized carbons (Fsp3) is 0.176. The Kier molecular flexibility index (Phi) is 5.68. The minimum Gasteiger partial charge on any atom is -0.481 e. The number of halogens is 1. The van der Waals surface area contributed by atoms with Crippen LogP contribution < -0.4 is 10.1 Å². The van der Waals surface area contributed by atoms with Crippen LogP contribution in [0.5, 0.6) is 5.75 Å². The first-order valence-corrected chi connectivity index (χ1v) is 7.04. The molecule has 0 fully saturated rings. The Hall–Kier alpha value is -2.89. The van der Waals surface area contributed by atoms with Gasteiger partial charge in [-0.05, 0) is 37.3 Å². The Bertz CT molecular complexity index is 702. The number of ether oxygens (including phenoxy) is 2. The van der Waals surface area contributed by atoms with Crippen LogP contribution in [0.2, 0.25) is 0 Å². The number of benzene rings is 2. The lowest BCUT2D eigenvalue weighted by molar-refractivity contribution is -0.118. The molecule has 0 aliphatic carbocycles. The van der Waals surface area contributed by atoms with Crippen LogP contribution in [0.3, 0.4) is 0 Å². The second-order valence-electron chi connectivity index (χ2n) is 4.57. The summed E-state index contributed by atoms with van der Waals surface area (Å²) in [5.41, 5.74) is 0.761. The number of hydrogen-bond donors (Lipinski definition) is 1. The number of esters is 1. The second-order valence-corrected chi connectivity index (χ2v) is 4.57. The molecule has 0 unspecified atom stereocenters. The summed E-state index contributed by atoms with van der Waals surface area (Å²) in [6, 6.07) is 12.2. The maximum absolute atomic E-state index is 13.4. The molecule has 23 heavy (non-hydrogen) atoms. The van der Waals surface area contributed by atoms with Crippen LogP contribution >= 0.6 is 0 Å². The summed E-state index contributed by atoms with van der Waals surface area (Å²) in [5.74, 6) is -1.46. The highest BCUT2D eigenvalue weighted by Gasteiger charge is 2.10. The molecule has 1 N–H and O–H groups in total. The van der Waals surface area contributed by atoms with Gasteiger partial charge in [-0.3, -0.25) is 4.79 Å². The molecular formula is C17H16FNO4. The molecule has 5 nitrogen and oxygen atoms in total. The monoisotopic (exact) mass is 317 g/mol. The number of amides is 1. The molecule has 0 aromatic heterocycles. The zero-order valence-electron chi connectivity index (χ0n) is 12.5. The summed E-state index contributed by atoms with van der Waals surface area (Å²) in [4.78, 5) is 23.5. The van der Waals surface area contributed by atoms with Gasteiger partial charge >= 0.3 is 5.97 Å². The van der Waals surface area contributed by atoms with Crippen LogP contribution in [0.15, 0.2) is 48.5 Å². The molecule has 1 amide bonds. The Morgan fingerprint density at radius 2 is 1.91 bits per heavy atom. The van der Waals surface area contributed by atoms with Gasteiger partial charge in [-0.15, -0.1) is 0 Å². The fourth-order valence-electron chi connectivity index (χ4n) is 1.84. The quantitative estimate of drug-likeness (QED) is 0.832. The maximum Gasteiger partial charge on any atom is 0.338 e. The molecular weight excluding hydrogens is 301 g/mol. The molecule has 0 atom stereocenters. The highest BCUT2D eigenvalue weighted by atomic mass is 19.1. The van der Waals surface area contributed by atoms with Gasteiger partial charge in [0.15, 0.2) is 18.2 Å². The van der Waals surface area contributed by atoms with Crippen molar-refractivity contribution in [3.05, 3.63) is 59.9 Å². The highest BCUT2D eigenvalue weighted by Crippen LogP contribution is 2.16. The van der Waals surface area contributed by atoms with Gasteiger partial charge in [0.05, 0.1) is 12.2 Å². The summed E-state index contributed by atoms with van der Waals surface area (Å²) in [6.07, 6.45) is 0. The summed E-state index contributed by atoms with van der Waals surface area (Å²) in [5, 5.41) is 2.57. The van der Waals surface area contributed by atoms with Crippen molar-refractivity contribution in [2.75, 3.05) is 18.5 Å². The van der Waals surface area contributed by atoms with Crippen molar-refractivity contribution in [3.63, 3.8) is 0 Å². The van der Waals surface area contributed by atoms with Crippen LogP contribution in [-0.4, -0.2) is 25.1 Å². The molecule has 0 saturated heterocycles. The van der Waals surface area contributed by atoms with Gasteiger partial charge in [-0.2, -0.15) is 0 Å². The van der Waals surface area contributed by atoms with Crippen molar-refractivity contribution in [3.8, 4) is 5.75 Å². The Morgan fingerprint density at radius 1 is 1.13 bits per heavy atom.